The number of rotatable bonds is 4. The first kappa shape index (κ1) is 17.8. The van der Waals surface area contributed by atoms with Crippen molar-refractivity contribution in [1.29, 1.82) is 0 Å². The number of anilines is 2. The summed E-state index contributed by atoms with van der Waals surface area (Å²) in [6.07, 6.45) is 10.8. The molecule has 5 rings (SSSR count). The zero-order chi connectivity index (χ0) is 19.8. The first-order valence-corrected chi connectivity index (χ1v) is 10.2. The fourth-order valence-corrected chi connectivity index (χ4v) is 4.33. The number of nitrogens with zero attached hydrogens (tertiary/aromatic N) is 6. The van der Waals surface area contributed by atoms with Gasteiger partial charge in [0.1, 0.15) is 11.5 Å². The van der Waals surface area contributed by atoms with E-state index in [0.29, 0.717) is 25.0 Å². The third-order valence-corrected chi connectivity index (χ3v) is 5.95. The lowest BCUT2D eigenvalue weighted by molar-refractivity contribution is -0.117. The normalized spacial score (nSPS) is 17.1. The molecule has 0 N–H and O–H groups in total. The summed E-state index contributed by atoms with van der Waals surface area (Å²) in [7, 11) is 1.80. The molecule has 7 nitrogen and oxygen atoms in total. The second-order valence-electron chi connectivity index (χ2n) is 7.77. The van der Waals surface area contributed by atoms with E-state index < -0.39 is 0 Å². The van der Waals surface area contributed by atoms with Crippen molar-refractivity contribution in [3.63, 3.8) is 0 Å². The third kappa shape index (κ3) is 3.26. The number of imidazole rings is 1. The van der Waals surface area contributed by atoms with Crippen molar-refractivity contribution in [2.24, 2.45) is 0 Å². The molecule has 2 aromatic heterocycles. The molecular formula is C22H24N6O. The smallest absolute Gasteiger partial charge is 0.246 e. The predicted octanol–water partition coefficient (Wildman–Crippen LogP) is 2.98. The summed E-state index contributed by atoms with van der Waals surface area (Å²) in [4.78, 5) is 30.4. The fourth-order valence-electron chi connectivity index (χ4n) is 4.33. The molecule has 0 bridgehead atoms. The first-order chi connectivity index (χ1) is 14.2. The van der Waals surface area contributed by atoms with Gasteiger partial charge in [0.05, 0.1) is 12.7 Å². The Kier molecular flexibility index (Phi) is 4.50. The van der Waals surface area contributed by atoms with Crippen molar-refractivity contribution in [1.82, 2.24) is 19.5 Å². The summed E-state index contributed by atoms with van der Waals surface area (Å²) in [6, 6.07) is 10.6. The van der Waals surface area contributed by atoms with Gasteiger partial charge in [0.25, 0.3) is 0 Å². The van der Waals surface area contributed by atoms with Gasteiger partial charge < -0.3 is 9.80 Å². The SMILES string of the molecule is CN1C(=O)CN(C2CCCC2)c2nc(-n3ccnc3Cc3ccccc3)ncc21. The number of carbonyl (C=O) groups is 1. The molecule has 1 saturated carbocycles. The molecule has 0 unspecified atom stereocenters. The number of amides is 1. The predicted molar refractivity (Wildman–Crippen MR) is 111 cm³/mol. The van der Waals surface area contributed by atoms with Crippen LogP contribution in [0.25, 0.3) is 5.95 Å². The number of fused-ring (bicyclic) bond motifs is 1. The monoisotopic (exact) mass is 388 g/mol. The van der Waals surface area contributed by atoms with E-state index in [-0.39, 0.29) is 5.91 Å². The van der Waals surface area contributed by atoms with Crippen molar-refractivity contribution < 1.29 is 4.79 Å². The highest BCUT2D eigenvalue weighted by molar-refractivity contribution is 6.01. The summed E-state index contributed by atoms with van der Waals surface area (Å²) in [6.45, 7) is 0.380. The lowest BCUT2D eigenvalue weighted by Gasteiger charge is -2.37. The van der Waals surface area contributed by atoms with E-state index in [0.717, 1.165) is 30.2 Å². The summed E-state index contributed by atoms with van der Waals surface area (Å²) < 4.78 is 1.94. The van der Waals surface area contributed by atoms with E-state index in [1.807, 2.05) is 29.0 Å². The molecule has 3 aromatic rings. The summed E-state index contributed by atoms with van der Waals surface area (Å²) in [5.74, 6) is 2.43. The average molecular weight is 388 g/mol. The zero-order valence-electron chi connectivity index (χ0n) is 16.5. The minimum atomic E-state index is 0.0909. The molecule has 148 valence electrons. The van der Waals surface area contributed by atoms with E-state index in [1.54, 1.807) is 24.3 Å². The molecule has 0 atom stereocenters. The van der Waals surface area contributed by atoms with Crippen LogP contribution in [0.2, 0.25) is 0 Å². The van der Waals surface area contributed by atoms with E-state index >= 15 is 0 Å². The summed E-state index contributed by atoms with van der Waals surface area (Å²) in [5.41, 5.74) is 1.97. The van der Waals surface area contributed by atoms with E-state index in [1.165, 1.54) is 18.4 Å². The van der Waals surface area contributed by atoms with Crippen LogP contribution < -0.4 is 9.80 Å². The Bertz CT molecular complexity index is 1020. The molecule has 3 heterocycles. The van der Waals surface area contributed by atoms with Gasteiger partial charge in [-0.3, -0.25) is 9.36 Å². The van der Waals surface area contributed by atoms with Gasteiger partial charge in [-0.1, -0.05) is 43.2 Å². The molecule has 1 fully saturated rings. The van der Waals surface area contributed by atoms with Crippen LogP contribution in [0.3, 0.4) is 0 Å². The molecule has 0 saturated heterocycles. The van der Waals surface area contributed by atoms with Gasteiger partial charge in [-0.15, -0.1) is 0 Å². The largest absolute Gasteiger partial charge is 0.342 e. The second kappa shape index (κ2) is 7.31. The van der Waals surface area contributed by atoms with Crippen molar-refractivity contribution in [3.05, 3.63) is 60.3 Å². The van der Waals surface area contributed by atoms with Crippen LogP contribution in [0.5, 0.6) is 0 Å². The van der Waals surface area contributed by atoms with Crippen LogP contribution >= 0.6 is 0 Å². The Labute approximate surface area is 170 Å². The van der Waals surface area contributed by atoms with Crippen molar-refractivity contribution in [2.45, 2.75) is 38.1 Å². The van der Waals surface area contributed by atoms with Gasteiger partial charge in [-0.05, 0) is 18.4 Å². The van der Waals surface area contributed by atoms with Crippen molar-refractivity contribution in [2.75, 3.05) is 23.4 Å². The lowest BCUT2D eigenvalue weighted by Crippen LogP contribution is -2.48. The Morgan fingerprint density at radius 1 is 1.10 bits per heavy atom. The molecule has 1 amide bonds. The van der Waals surface area contributed by atoms with Gasteiger partial charge in [-0.2, -0.15) is 4.98 Å². The van der Waals surface area contributed by atoms with Crippen LogP contribution in [0.1, 0.15) is 37.1 Å². The number of hydrogen-bond donors (Lipinski definition) is 0. The summed E-state index contributed by atoms with van der Waals surface area (Å²) in [5, 5.41) is 0. The highest BCUT2D eigenvalue weighted by atomic mass is 16.2. The fraction of sp³-hybridized carbons (Fsp3) is 0.364. The van der Waals surface area contributed by atoms with E-state index in [9.17, 15) is 4.79 Å². The molecule has 7 heteroatoms. The maximum absolute atomic E-state index is 12.5. The maximum Gasteiger partial charge on any atom is 0.246 e. The zero-order valence-corrected chi connectivity index (χ0v) is 16.5. The van der Waals surface area contributed by atoms with Gasteiger partial charge in [-0.25, -0.2) is 9.97 Å². The molecule has 2 aliphatic rings. The molecule has 0 radical (unpaired) electrons. The number of benzene rings is 1. The summed E-state index contributed by atoms with van der Waals surface area (Å²) >= 11 is 0. The number of hydrogen-bond acceptors (Lipinski definition) is 5. The Hall–Kier alpha value is -3.22. The topological polar surface area (TPSA) is 67.2 Å². The number of aromatic nitrogens is 4. The number of carbonyl (C=O) groups excluding carboxylic acids is 1. The molecule has 0 spiro atoms. The Morgan fingerprint density at radius 3 is 2.69 bits per heavy atom. The molecule has 1 aromatic carbocycles. The highest BCUT2D eigenvalue weighted by Gasteiger charge is 2.34. The van der Waals surface area contributed by atoms with Crippen LogP contribution in [-0.4, -0.2) is 45.1 Å². The third-order valence-electron chi connectivity index (χ3n) is 5.95. The first-order valence-electron chi connectivity index (χ1n) is 10.2. The Morgan fingerprint density at radius 2 is 1.90 bits per heavy atom. The van der Waals surface area contributed by atoms with Gasteiger partial charge in [0, 0.05) is 31.9 Å². The lowest BCUT2D eigenvalue weighted by atomic mass is 10.1. The van der Waals surface area contributed by atoms with Crippen molar-refractivity contribution in [3.8, 4) is 5.95 Å². The van der Waals surface area contributed by atoms with E-state index in [4.69, 9.17) is 4.98 Å². The van der Waals surface area contributed by atoms with Crippen LogP contribution in [0.4, 0.5) is 11.5 Å². The Balaban J connectivity index is 1.53. The quantitative estimate of drug-likeness (QED) is 0.687. The average Bonchev–Trinajstić information content (AvgIpc) is 3.43. The molecule has 1 aliphatic carbocycles. The standard InChI is InChI=1S/C22H24N6O/c1-26-18-14-24-22(25-21(18)28(15-20(26)29)17-9-5-6-10-17)27-12-11-23-19(27)13-16-7-3-2-4-8-16/h2-4,7-8,11-12,14,17H,5-6,9-10,13,15H2,1H3. The van der Waals surface area contributed by atoms with Crippen LogP contribution in [-0.2, 0) is 11.2 Å². The van der Waals surface area contributed by atoms with Gasteiger partial charge in [0.2, 0.25) is 11.9 Å². The minimum absolute atomic E-state index is 0.0909. The van der Waals surface area contributed by atoms with E-state index in [2.05, 4.69) is 27.0 Å². The van der Waals surface area contributed by atoms with Crippen molar-refractivity contribution >= 4 is 17.4 Å². The van der Waals surface area contributed by atoms with Gasteiger partial charge in [0.15, 0.2) is 5.82 Å². The molecule has 29 heavy (non-hydrogen) atoms. The van der Waals surface area contributed by atoms with Crippen LogP contribution in [0.15, 0.2) is 48.9 Å². The maximum atomic E-state index is 12.5. The minimum Gasteiger partial charge on any atom is -0.342 e. The van der Waals surface area contributed by atoms with Crippen LogP contribution in [0, 0.1) is 0 Å². The molecular weight excluding hydrogens is 364 g/mol. The highest BCUT2D eigenvalue weighted by Crippen LogP contribution is 2.36. The van der Waals surface area contributed by atoms with Gasteiger partial charge >= 0.3 is 0 Å². The molecule has 1 aliphatic heterocycles. The second-order valence-corrected chi connectivity index (χ2v) is 7.77. The number of likely N-dealkylation sites (N-methyl/N-ethyl adjacent to an activating group) is 1.